The molecule has 0 bridgehead atoms. The second kappa shape index (κ2) is 16.8. The third-order valence-electron chi connectivity index (χ3n) is 6.78. The Labute approximate surface area is 239 Å². The normalized spacial score (nSPS) is 18.3. The van der Waals surface area contributed by atoms with E-state index in [9.17, 15) is 9.59 Å². The number of rotatable bonds is 17. The molecule has 2 rings (SSSR count). The van der Waals surface area contributed by atoms with Crippen LogP contribution >= 0.6 is 11.7 Å². The molecule has 1 N–H and O–H groups in total. The first kappa shape index (κ1) is 33.0. The molecular weight excluding hydrogens is 516 g/mol. The molecule has 10 heteroatoms. The minimum absolute atomic E-state index is 0.178. The van der Waals surface area contributed by atoms with Gasteiger partial charge in [-0.25, -0.2) is 4.79 Å². The molecule has 1 aliphatic rings. The fourth-order valence-electron chi connectivity index (χ4n) is 4.72. The van der Waals surface area contributed by atoms with E-state index in [1.54, 1.807) is 0 Å². The predicted octanol–water partition coefficient (Wildman–Crippen LogP) is 6.49. The Balaban J connectivity index is 1.84. The standard InChI is InChI=1S/C29H50N4O5S/c1-7-9-10-14-21-36-27-26(31-39-32-27)23-17-15-20-33(6,22-23)24(16-8-2)37-28(35)30-19-13-11-12-18-25(34)38-29(3,4)5/h17,24H,7-16,18-22H2,1-6H3/p+1. The molecule has 0 saturated heterocycles. The van der Waals surface area contributed by atoms with Crippen molar-refractivity contribution in [3.63, 3.8) is 0 Å². The Morgan fingerprint density at radius 1 is 1.08 bits per heavy atom. The summed E-state index contributed by atoms with van der Waals surface area (Å²) in [6.07, 6.45) is 11.5. The summed E-state index contributed by atoms with van der Waals surface area (Å²) in [5.41, 5.74) is 1.48. The summed E-state index contributed by atoms with van der Waals surface area (Å²) in [6, 6.07) is 0. The second-order valence-corrected chi connectivity index (χ2v) is 12.2. The van der Waals surface area contributed by atoms with Crippen LogP contribution in [0.2, 0.25) is 0 Å². The van der Waals surface area contributed by atoms with Gasteiger partial charge >= 0.3 is 12.1 Å². The van der Waals surface area contributed by atoms with E-state index in [1.165, 1.54) is 24.6 Å². The zero-order valence-corrected chi connectivity index (χ0v) is 25.9. The molecule has 0 radical (unpaired) electrons. The third kappa shape index (κ3) is 12.2. The van der Waals surface area contributed by atoms with Gasteiger partial charge in [0.2, 0.25) is 6.23 Å². The third-order valence-corrected chi connectivity index (χ3v) is 7.29. The second-order valence-electron chi connectivity index (χ2n) is 11.7. The maximum atomic E-state index is 12.7. The van der Waals surface area contributed by atoms with Crippen LogP contribution in [-0.2, 0) is 14.3 Å². The number of nitrogens with zero attached hydrogens (tertiary/aromatic N) is 3. The van der Waals surface area contributed by atoms with Crippen molar-refractivity contribution < 1.29 is 28.3 Å². The minimum atomic E-state index is -0.456. The van der Waals surface area contributed by atoms with Gasteiger partial charge in [0, 0.05) is 31.4 Å². The number of hydrogen-bond donors (Lipinski definition) is 1. The van der Waals surface area contributed by atoms with Crippen LogP contribution in [-0.4, -0.2) is 70.4 Å². The quantitative estimate of drug-likeness (QED) is 0.131. The van der Waals surface area contributed by atoms with E-state index < -0.39 is 5.60 Å². The number of nitrogens with one attached hydrogen (secondary N) is 1. The summed E-state index contributed by atoms with van der Waals surface area (Å²) in [5, 5.41) is 2.90. The highest BCUT2D eigenvalue weighted by Gasteiger charge is 2.39. The van der Waals surface area contributed by atoms with Crippen LogP contribution in [0.3, 0.4) is 0 Å². The van der Waals surface area contributed by atoms with E-state index >= 15 is 0 Å². The zero-order chi connectivity index (χ0) is 28.7. The van der Waals surface area contributed by atoms with Crippen molar-refractivity contribution in [2.24, 2.45) is 0 Å². The molecule has 1 aromatic rings. The lowest BCUT2D eigenvalue weighted by atomic mass is 10.0. The molecule has 9 nitrogen and oxygen atoms in total. The lowest BCUT2D eigenvalue weighted by molar-refractivity contribution is -0.947. The van der Waals surface area contributed by atoms with Crippen LogP contribution in [0, 0.1) is 0 Å². The van der Waals surface area contributed by atoms with Gasteiger partial charge in [-0.1, -0.05) is 45.6 Å². The van der Waals surface area contributed by atoms with Crippen LogP contribution in [0.4, 0.5) is 4.79 Å². The van der Waals surface area contributed by atoms with E-state index in [0.717, 1.165) is 69.2 Å². The first-order valence-corrected chi connectivity index (χ1v) is 15.5. The molecule has 0 fully saturated rings. The maximum absolute atomic E-state index is 12.7. The Morgan fingerprint density at radius 3 is 2.56 bits per heavy atom. The van der Waals surface area contributed by atoms with E-state index in [1.807, 2.05) is 20.8 Å². The van der Waals surface area contributed by atoms with Gasteiger partial charge in [0.1, 0.15) is 17.8 Å². The number of quaternary nitrogens is 1. The minimum Gasteiger partial charge on any atom is -0.475 e. The van der Waals surface area contributed by atoms with E-state index in [0.29, 0.717) is 36.5 Å². The molecule has 1 aliphatic heterocycles. The number of aromatic nitrogens is 2. The monoisotopic (exact) mass is 567 g/mol. The fraction of sp³-hybridized carbons (Fsp3) is 0.793. The molecular formula is C29H51N4O5S+. The molecule has 39 heavy (non-hydrogen) atoms. The summed E-state index contributed by atoms with van der Waals surface area (Å²) < 4.78 is 26.9. The molecule has 0 spiro atoms. The smallest absolute Gasteiger partial charge is 0.411 e. The van der Waals surface area contributed by atoms with Crippen LogP contribution in [0.1, 0.15) is 111 Å². The van der Waals surface area contributed by atoms with Crippen LogP contribution in [0.25, 0.3) is 5.57 Å². The molecule has 1 amide bonds. The van der Waals surface area contributed by atoms with Gasteiger partial charge in [-0.3, -0.25) is 9.28 Å². The number of ether oxygens (including phenoxy) is 3. The highest BCUT2D eigenvalue weighted by Crippen LogP contribution is 2.32. The van der Waals surface area contributed by atoms with Gasteiger partial charge in [-0.15, -0.1) is 4.37 Å². The fourth-order valence-corrected chi connectivity index (χ4v) is 5.25. The van der Waals surface area contributed by atoms with Gasteiger partial charge in [0.05, 0.1) is 31.9 Å². The molecule has 2 unspecified atom stereocenters. The number of likely N-dealkylation sites (N-methyl/N-ethyl adjacent to an activating group) is 1. The molecule has 0 aromatic carbocycles. The Morgan fingerprint density at radius 2 is 1.85 bits per heavy atom. The topological polar surface area (TPSA) is 99.6 Å². The van der Waals surface area contributed by atoms with Gasteiger partial charge in [0.15, 0.2) is 0 Å². The van der Waals surface area contributed by atoms with E-state index in [2.05, 4.69) is 41.0 Å². The summed E-state index contributed by atoms with van der Waals surface area (Å²) >= 11 is 1.18. The van der Waals surface area contributed by atoms with Gasteiger partial charge in [0.25, 0.3) is 5.88 Å². The number of carbonyl (C=O) groups is 2. The average Bonchev–Trinajstić information content (AvgIpc) is 3.33. The first-order chi connectivity index (χ1) is 18.6. The molecule has 0 saturated carbocycles. The molecule has 1 aromatic heterocycles. The largest absolute Gasteiger partial charge is 0.475 e. The number of esters is 1. The van der Waals surface area contributed by atoms with Crippen molar-refractivity contribution in [1.29, 1.82) is 0 Å². The summed E-state index contributed by atoms with van der Waals surface area (Å²) in [5.74, 6) is 0.442. The average molecular weight is 568 g/mol. The summed E-state index contributed by atoms with van der Waals surface area (Å²) in [7, 11) is 2.16. The molecule has 0 aliphatic carbocycles. The molecule has 2 heterocycles. The van der Waals surface area contributed by atoms with E-state index in [-0.39, 0.29) is 18.3 Å². The van der Waals surface area contributed by atoms with Crippen molar-refractivity contribution >= 4 is 29.4 Å². The Bertz CT molecular complexity index is 914. The first-order valence-electron chi connectivity index (χ1n) is 14.7. The zero-order valence-electron chi connectivity index (χ0n) is 25.1. The van der Waals surface area contributed by atoms with Gasteiger partial charge in [-0.2, -0.15) is 4.37 Å². The lowest BCUT2D eigenvalue weighted by Gasteiger charge is -2.42. The van der Waals surface area contributed by atoms with Crippen LogP contribution in [0.15, 0.2) is 6.08 Å². The molecule has 222 valence electrons. The number of alkyl carbamates (subject to hydrolysis) is 1. The van der Waals surface area contributed by atoms with Gasteiger partial charge in [-0.05, 0) is 46.5 Å². The van der Waals surface area contributed by atoms with Crippen molar-refractivity contribution in [2.75, 3.05) is 33.3 Å². The highest BCUT2D eigenvalue weighted by molar-refractivity contribution is 6.99. The van der Waals surface area contributed by atoms with Crippen LogP contribution in [0.5, 0.6) is 5.88 Å². The maximum Gasteiger partial charge on any atom is 0.411 e. The summed E-state index contributed by atoms with van der Waals surface area (Å²) in [6.45, 7) is 12.7. The van der Waals surface area contributed by atoms with Crippen molar-refractivity contribution in [3.8, 4) is 5.88 Å². The van der Waals surface area contributed by atoms with Crippen molar-refractivity contribution in [2.45, 2.75) is 117 Å². The highest BCUT2D eigenvalue weighted by atomic mass is 32.1. The number of amides is 1. The number of hydrogen-bond acceptors (Lipinski definition) is 8. The van der Waals surface area contributed by atoms with E-state index in [4.69, 9.17) is 14.2 Å². The summed E-state index contributed by atoms with van der Waals surface area (Å²) in [4.78, 5) is 24.5. The molecule has 2 atom stereocenters. The van der Waals surface area contributed by atoms with Crippen LogP contribution < -0.4 is 10.1 Å². The Kier molecular flexibility index (Phi) is 14.2. The predicted molar refractivity (Wildman–Crippen MR) is 156 cm³/mol. The van der Waals surface area contributed by atoms with Crippen molar-refractivity contribution in [1.82, 2.24) is 14.1 Å². The Hall–Kier alpha value is -2.20. The number of unbranched alkanes of at least 4 members (excludes halogenated alkanes) is 5. The number of carbonyl (C=O) groups excluding carboxylic acids is 2. The van der Waals surface area contributed by atoms with Crippen molar-refractivity contribution in [3.05, 3.63) is 11.8 Å². The van der Waals surface area contributed by atoms with Gasteiger partial charge < -0.3 is 19.5 Å². The lowest BCUT2D eigenvalue weighted by Crippen LogP contribution is -2.57. The SMILES string of the molecule is CCCCCCOc1nsnc1C1=CCC[N+](C)(C(CCC)OC(=O)NCCCCCC(=O)OC(C)(C)C)C1.